The number of carbonyl (C=O) groups excluding carboxylic acids is 1. The van der Waals surface area contributed by atoms with Crippen LogP contribution in [0.1, 0.15) is 25.0 Å². The molecule has 33 heavy (non-hydrogen) atoms. The van der Waals surface area contributed by atoms with Crippen LogP contribution in [0.15, 0.2) is 72.9 Å². The number of benzene rings is 3. The number of anilines is 1. The number of hydrogen-bond donors (Lipinski definition) is 1. The fraction of sp³-hybridized carbons (Fsp3) is 0.185. The van der Waals surface area contributed by atoms with E-state index in [1.54, 1.807) is 12.3 Å². The lowest BCUT2D eigenvalue weighted by Gasteiger charge is -2.16. The molecule has 1 aromatic heterocycles. The molecule has 0 fully saturated rings. The predicted molar refractivity (Wildman–Crippen MR) is 127 cm³/mol. The quantitative estimate of drug-likeness (QED) is 0.397. The predicted octanol–water partition coefficient (Wildman–Crippen LogP) is 6.46. The van der Waals surface area contributed by atoms with Crippen molar-refractivity contribution in [2.24, 2.45) is 0 Å². The number of rotatable bonds is 3. The van der Waals surface area contributed by atoms with Crippen molar-refractivity contribution in [1.82, 2.24) is 9.78 Å². The molecule has 0 spiro atoms. The largest absolute Gasteiger partial charge is 0.487 e. The Kier molecular flexibility index (Phi) is 5.01. The van der Waals surface area contributed by atoms with Gasteiger partial charge in [0.15, 0.2) is 0 Å². The zero-order valence-electron chi connectivity index (χ0n) is 18.7. The molecule has 0 saturated carbocycles. The summed E-state index contributed by atoms with van der Waals surface area (Å²) in [5, 5.41) is 7.48. The first-order valence-electron chi connectivity index (χ1n) is 10.8. The molecular formula is C27H24FN3O2. The highest BCUT2D eigenvalue weighted by molar-refractivity contribution is 5.93. The maximum absolute atomic E-state index is 13.9. The molecule has 166 valence electrons. The van der Waals surface area contributed by atoms with E-state index >= 15 is 0 Å². The van der Waals surface area contributed by atoms with Gasteiger partial charge in [0.2, 0.25) is 0 Å². The lowest BCUT2D eigenvalue weighted by Crippen LogP contribution is -2.24. The molecule has 1 aliphatic rings. The molecular weight excluding hydrogens is 417 g/mol. The monoisotopic (exact) mass is 441 g/mol. The Morgan fingerprint density at radius 3 is 2.61 bits per heavy atom. The maximum Gasteiger partial charge on any atom is 0.346 e. The van der Waals surface area contributed by atoms with E-state index in [9.17, 15) is 9.18 Å². The van der Waals surface area contributed by atoms with Crippen molar-refractivity contribution in [3.05, 3.63) is 89.9 Å². The molecule has 3 aromatic carbocycles. The summed E-state index contributed by atoms with van der Waals surface area (Å²) in [6.45, 7) is 6.08. The molecule has 1 N–H and O–H groups in total. The van der Waals surface area contributed by atoms with Crippen LogP contribution >= 0.6 is 0 Å². The molecule has 0 atom stereocenters. The van der Waals surface area contributed by atoms with Crippen LogP contribution in [0.4, 0.5) is 14.9 Å². The van der Waals surface area contributed by atoms with Gasteiger partial charge in [-0.05, 0) is 56.7 Å². The number of nitrogens with zero attached hydrogens (tertiary/aromatic N) is 2. The Balaban J connectivity index is 1.49. The van der Waals surface area contributed by atoms with Crippen LogP contribution in [0, 0.1) is 12.7 Å². The zero-order chi connectivity index (χ0) is 23.2. The van der Waals surface area contributed by atoms with E-state index in [2.05, 4.69) is 10.4 Å². The first kappa shape index (κ1) is 20.9. The Labute approximate surface area is 191 Å². The van der Waals surface area contributed by atoms with Crippen molar-refractivity contribution < 1.29 is 13.9 Å². The molecule has 0 saturated heterocycles. The molecule has 4 aromatic rings. The normalized spacial score (nSPS) is 13.9. The first-order valence-corrected chi connectivity index (χ1v) is 10.8. The minimum absolute atomic E-state index is 0.254. The summed E-state index contributed by atoms with van der Waals surface area (Å²) in [6, 6.07) is 19.4. The van der Waals surface area contributed by atoms with Gasteiger partial charge in [0.25, 0.3) is 0 Å². The van der Waals surface area contributed by atoms with Gasteiger partial charge in [-0.1, -0.05) is 42.0 Å². The Morgan fingerprint density at radius 1 is 1.06 bits per heavy atom. The summed E-state index contributed by atoms with van der Waals surface area (Å²) in [4.78, 5) is 13.1. The van der Waals surface area contributed by atoms with Crippen LogP contribution in [-0.2, 0) is 6.42 Å². The van der Waals surface area contributed by atoms with Crippen molar-refractivity contribution in [2.45, 2.75) is 32.8 Å². The molecule has 0 bridgehead atoms. The average Bonchev–Trinajstić information content (AvgIpc) is 3.34. The number of amides is 1. The molecule has 1 aliphatic heterocycles. The van der Waals surface area contributed by atoms with Gasteiger partial charge in [0.05, 0.1) is 0 Å². The van der Waals surface area contributed by atoms with Crippen LogP contribution in [0.25, 0.3) is 22.4 Å². The third kappa shape index (κ3) is 4.24. The van der Waals surface area contributed by atoms with E-state index in [0.29, 0.717) is 22.5 Å². The molecule has 6 heteroatoms. The Hall–Kier alpha value is -3.93. The molecule has 2 heterocycles. The summed E-state index contributed by atoms with van der Waals surface area (Å²) >= 11 is 0. The summed E-state index contributed by atoms with van der Waals surface area (Å²) < 4.78 is 21.1. The summed E-state index contributed by atoms with van der Waals surface area (Å²) in [5.41, 5.74) is 5.38. The summed E-state index contributed by atoms with van der Waals surface area (Å²) in [6.07, 6.45) is 2.41. The van der Waals surface area contributed by atoms with Crippen molar-refractivity contribution in [1.29, 1.82) is 0 Å². The highest BCUT2D eigenvalue weighted by atomic mass is 19.1. The Bertz CT molecular complexity index is 1360. The fourth-order valence-electron chi connectivity index (χ4n) is 4.14. The van der Waals surface area contributed by atoms with E-state index in [1.807, 2.05) is 69.3 Å². The average molecular weight is 442 g/mol. The second kappa shape index (κ2) is 7.89. The number of nitrogens with one attached hydrogen (secondary N) is 1. The highest BCUT2D eigenvalue weighted by Crippen LogP contribution is 2.36. The molecule has 1 amide bonds. The second-order valence-electron chi connectivity index (χ2n) is 9.00. The van der Waals surface area contributed by atoms with Gasteiger partial charge in [0.1, 0.15) is 22.9 Å². The highest BCUT2D eigenvalue weighted by Gasteiger charge is 2.30. The lowest BCUT2D eigenvalue weighted by molar-refractivity contribution is 0.138. The van der Waals surface area contributed by atoms with Crippen LogP contribution in [-0.4, -0.2) is 21.4 Å². The molecule has 0 unspecified atom stereocenters. The Morgan fingerprint density at radius 2 is 1.85 bits per heavy atom. The van der Waals surface area contributed by atoms with Gasteiger partial charge in [-0.2, -0.15) is 9.78 Å². The number of hydrogen-bond acceptors (Lipinski definition) is 3. The van der Waals surface area contributed by atoms with Crippen LogP contribution in [0.2, 0.25) is 0 Å². The summed E-state index contributed by atoms with van der Waals surface area (Å²) in [5.74, 6) is 0.495. The zero-order valence-corrected chi connectivity index (χ0v) is 18.7. The van der Waals surface area contributed by atoms with Crippen molar-refractivity contribution in [3.63, 3.8) is 0 Å². The number of aromatic nitrogens is 2. The first-order chi connectivity index (χ1) is 15.8. The molecule has 5 nitrogen and oxygen atoms in total. The van der Waals surface area contributed by atoms with Crippen LogP contribution < -0.4 is 10.1 Å². The number of fused-ring (bicyclic) bond motifs is 1. The standard InChI is InChI=1S/C27H24FN3O2/c1-17-7-9-18(10-8-17)25-23(19-5-4-6-21(28)13-19)16-31(30-25)26(32)29-22-11-12-24-20(14-22)15-27(2,3)33-24/h4-14,16H,15H2,1-3H3,(H,29,32). The third-order valence-electron chi connectivity index (χ3n) is 5.70. The van der Waals surface area contributed by atoms with Crippen molar-refractivity contribution in [2.75, 3.05) is 5.32 Å². The second-order valence-corrected chi connectivity index (χ2v) is 9.00. The minimum Gasteiger partial charge on any atom is -0.487 e. The smallest absolute Gasteiger partial charge is 0.346 e. The SMILES string of the molecule is Cc1ccc(-c2nn(C(=O)Nc3ccc4c(c3)CC(C)(C)O4)cc2-c2cccc(F)c2)cc1. The van der Waals surface area contributed by atoms with Crippen LogP contribution in [0.5, 0.6) is 5.75 Å². The van der Waals surface area contributed by atoms with E-state index < -0.39 is 6.03 Å². The number of carbonyl (C=O) groups is 1. The number of aryl methyl sites for hydroxylation is 1. The van der Waals surface area contributed by atoms with E-state index in [-0.39, 0.29) is 11.4 Å². The molecule has 0 aliphatic carbocycles. The lowest BCUT2D eigenvalue weighted by atomic mass is 10.0. The summed E-state index contributed by atoms with van der Waals surface area (Å²) in [7, 11) is 0. The van der Waals surface area contributed by atoms with Crippen molar-refractivity contribution >= 4 is 11.7 Å². The van der Waals surface area contributed by atoms with Crippen LogP contribution in [0.3, 0.4) is 0 Å². The van der Waals surface area contributed by atoms with E-state index in [0.717, 1.165) is 28.9 Å². The van der Waals surface area contributed by atoms with Gasteiger partial charge in [-0.3, -0.25) is 0 Å². The maximum atomic E-state index is 13.9. The van der Waals surface area contributed by atoms with Gasteiger partial charge >= 0.3 is 6.03 Å². The fourth-order valence-corrected chi connectivity index (χ4v) is 4.14. The van der Waals surface area contributed by atoms with Gasteiger partial charge in [-0.25, -0.2) is 9.18 Å². The number of halogens is 1. The van der Waals surface area contributed by atoms with Gasteiger partial charge < -0.3 is 10.1 Å². The minimum atomic E-state index is -0.399. The topological polar surface area (TPSA) is 56.2 Å². The van der Waals surface area contributed by atoms with Gasteiger partial charge in [0, 0.05) is 35.0 Å². The van der Waals surface area contributed by atoms with E-state index in [4.69, 9.17) is 4.74 Å². The molecule has 0 radical (unpaired) electrons. The van der Waals surface area contributed by atoms with Crippen molar-refractivity contribution in [3.8, 4) is 28.1 Å². The molecule has 5 rings (SSSR count). The number of ether oxygens (including phenoxy) is 1. The van der Waals surface area contributed by atoms with E-state index in [1.165, 1.54) is 16.8 Å². The van der Waals surface area contributed by atoms with Gasteiger partial charge in [-0.15, -0.1) is 0 Å². The third-order valence-corrected chi connectivity index (χ3v) is 5.70.